The zero-order valence-corrected chi connectivity index (χ0v) is 11.9. The molecular formula is C16H24FNO. The minimum Gasteiger partial charge on any atom is -0.494 e. The lowest BCUT2D eigenvalue weighted by Crippen LogP contribution is -2.30. The SMILES string of the molecule is CCC1CCC(CN)(Cc2cccc(OC)c2F)C1. The summed E-state index contributed by atoms with van der Waals surface area (Å²) in [5, 5.41) is 0. The van der Waals surface area contributed by atoms with Gasteiger partial charge in [0.05, 0.1) is 7.11 Å². The normalized spacial score (nSPS) is 26.6. The Hall–Kier alpha value is -1.09. The Bertz CT molecular complexity index is 435. The van der Waals surface area contributed by atoms with Crippen LogP contribution in [0.15, 0.2) is 18.2 Å². The van der Waals surface area contributed by atoms with Crippen LogP contribution in [0.2, 0.25) is 0 Å². The lowest BCUT2D eigenvalue weighted by molar-refractivity contribution is 0.285. The molecule has 1 fully saturated rings. The standard InChI is InChI=1S/C16H24FNO/c1-3-12-7-8-16(9-12,11-18)10-13-5-4-6-14(19-2)15(13)17/h4-6,12H,3,7-11,18H2,1-2H3. The first kappa shape index (κ1) is 14.3. The number of methoxy groups -OCH3 is 1. The van der Waals surface area contributed by atoms with Gasteiger partial charge in [-0.15, -0.1) is 0 Å². The third-order valence-corrected chi connectivity index (χ3v) is 4.64. The van der Waals surface area contributed by atoms with Gasteiger partial charge >= 0.3 is 0 Å². The lowest BCUT2D eigenvalue weighted by Gasteiger charge is -2.28. The minimum absolute atomic E-state index is 0.0773. The van der Waals surface area contributed by atoms with Gasteiger partial charge in [0.2, 0.25) is 0 Å². The van der Waals surface area contributed by atoms with E-state index in [0.717, 1.165) is 30.7 Å². The van der Waals surface area contributed by atoms with Crippen LogP contribution in [0.25, 0.3) is 0 Å². The number of nitrogens with two attached hydrogens (primary N) is 1. The fourth-order valence-corrected chi connectivity index (χ4v) is 3.35. The second kappa shape index (κ2) is 5.91. The maximum absolute atomic E-state index is 14.2. The van der Waals surface area contributed by atoms with E-state index in [2.05, 4.69) is 6.92 Å². The van der Waals surface area contributed by atoms with Crippen molar-refractivity contribution in [1.82, 2.24) is 0 Å². The van der Waals surface area contributed by atoms with E-state index in [1.54, 1.807) is 6.07 Å². The summed E-state index contributed by atoms with van der Waals surface area (Å²) < 4.78 is 19.3. The molecular weight excluding hydrogens is 241 g/mol. The van der Waals surface area contributed by atoms with Gasteiger partial charge in [-0.1, -0.05) is 25.5 Å². The van der Waals surface area contributed by atoms with Crippen LogP contribution in [0.3, 0.4) is 0 Å². The molecule has 2 atom stereocenters. The molecule has 0 bridgehead atoms. The fraction of sp³-hybridized carbons (Fsp3) is 0.625. The Morgan fingerprint density at radius 1 is 1.47 bits per heavy atom. The van der Waals surface area contributed by atoms with Gasteiger partial charge in [-0.05, 0) is 55.2 Å². The molecule has 1 aliphatic carbocycles. The van der Waals surface area contributed by atoms with Crippen LogP contribution in [0, 0.1) is 17.2 Å². The Balaban J connectivity index is 2.20. The van der Waals surface area contributed by atoms with Crippen molar-refractivity contribution in [3.05, 3.63) is 29.6 Å². The summed E-state index contributed by atoms with van der Waals surface area (Å²) >= 11 is 0. The molecule has 106 valence electrons. The number of hydrogen-bond donors (Lipinski definition) is 1. The average molecular weight is 265 g/mol. The Morgan fingerprint density at radius 2 is 2.26 bits per heavy atom. The molecule has 2 N–H and O–H groups in total. The number of hydrogen-bond acceptors (Lipinski definition) is 2. The summed E-state index contributed by atoms with van der Waals surface area (Å²) in [4.78, 5) is 0. The molecule has 3 heteroatoms. The van der Waals surface area contributed by atoms with Crippen molar-refractivity contribution in [2.75, 3.05) is 13.7 Å². The molecule has 0 aliphatic heterocycles. The van der Waals surface area contributed by atoms with E-state index < -0.39 is 0 Å². The van der Waals surface area contributed by atoms with Crippen LogP contribution in [-0.2, 0) is 6.42 Å². The summed E-state index contributed by atoms with van der Waals surface area (Å²) in [6.07, 6.45) is 5.37. The summed E-state index contributed by atoms with van der Waals surface area (Å²) in [7, 11) is 1.50. The van der Waals surface area contributed by atoms with Crippen LogP contribution in [-0.4, -0.2) is 13.7 Å². The van der Waals surface area contributed by atoms with Gasteiger partial charge in [0, 0.05) is 0 Å². The van der Waals surface area contributed by atoms with E-state index in [9.17, 15) is 4.39 Å². The van der Waals surface area contributed by atoms with Crippen molar-refractivity contribution in [3.8, 4) is 5.75 Å². The smallest absolute Gasteiger partial charge is 0.168 e. The van der Waals surface area contributed by atoms with Crippen molar-refractivity contribution in [2.45, 2.75) is 39.0 Å². The lowest BCUT2D eigenvalue weighted by atomic mass is 9.79. The zero-order valence-electron chi connectivity index (χ0n) is 11.9. The molecule has 0 aromatic heterocycles. The van der Waals surface area contributed by atoms with Crippen LogP contribution in [0.4, 0.5) is 4.39 Å². The monoisotopic (exact) mass is 265 g/mol. The molecule has 19 heavy (non-hydrogen) atoms. The van der Waals surface area contributed by atoms with Gasteiger partial charge in [-0.25, -0.2) is 4.39 Å². The van der Waals surface area contributed by atoms with E-state index in [1.165, 1.54) is 20.0 Å². The fourth-order valence-electron chi connectivity index (χ4n) is 3.35. The molecule has 0 saturated heterocycles. The third kappa shape index (κ3) is 2.92. The summed E-state index contributed by atoms with van der Waals surface area (Å²) in [6.45, 7) is 2.86. The number of rotatable bonds is 5. The molecule has 2 rings (SSSR count). The van der Waals surface area contributed by atoms with Gasteiger partial charge in [0.25, 0.3) is 0 Å². The Morgan fingerprint density at radius 3 is 2.84 bits per heavy atom. The largest absolute Gasteiger partial charge is 0.494 e. The van der Waals surface area contributed by atoms with Crippen LogP contribution in [0.1, 0.15) is 38.2 Å². The molecule has 2 unspecified atom stereocenters. The first-order valence-electron chi connectivity index (χ1n) is 7.15. The van der Waals surface area contributed by atoms with Crippen molar-refractivity contribution in [2.24, 2.45) is 17.1 Å². The van der Waals surface area contributed by atoms with Crippen LogP contribution in [0.5, 0.6) is 5.75 Å². The predicted molar refractivity (Wildman–Crippen MR) is 75.8 cm³/mol. The van der Waals surface area contributed by atoms with Gasteiger partial charge in [-0.3, -0.25) is 0 Å². The number of ether oxygens (including phenoxy) is 1. The van der Waals surface area contributed by atoms with E-state index >= 15 is 0 Å². The van der Waals surface area contributed by atoms with E-state index in [1.807, 2.05) is 12.1 Å². The van der Waals surface area contributed by atoms with E-state index in [0.29, 0.717) is 12.3 Å². The molecule has 2 nitrogen and oxygen atoms in total. The van der Waals surface area contributed by atoms with Crippen molar-refractivity contribution >= 4 is 0 Å². The highest BCUT2D eigenvalue weighted by Gasteiger charge is 2.38. The summed E-state index contributed by atoms with van der Waals surface area (Å²) in [5.74, 6) is 0.852. The second-order valence-corrected chi connectivity index (χ2v) is 5.83. The molecule has 0 spiro atoms. The third-order valence-electron chi connectivity index (χ3n) is 4.64. The highest BCUT2D eigenvalue weighted by molar-refractivity contribution is 5.32. The summed E-state index contributed by atoms with van der Waals surface area (Å²) in [5.41, 5.74) is 6.82. The highest BCUT2D eigenvalue weighted by Crippen LogP contribution is 2.45. The van der Waals surface area contributed by atoms with Crippen molar-refractivity contribution in [3.63, 3.8) is 0 Å². The second-order valence-electron chi connectivity index (χ2n) is 5.83. The van der Waals surface area contributed by atoms with Gasteiger partial charge in [0.15, 0.2) is 11.6 Å². The van der Waals surface area contributed by atoms with Crippen LogP contribution < -0.4 is 10.5 Å². The maximum Gasteiger partial charge on any atom is 0.168 e. The Kier molecular flexibility index (Phi) is 4.46. The topological polar surface area (TPSA) is 35.2 Å². The summed E-state index contributed by atoms with van der Waals surface area (Å²) in [6, 6.07) is 5.37. The maximum atomic E-state index is 14.2. The first-order chi connectivity index (χ1) is 9.14. The van der Waals surface area contributed by atoms with Crippen molar-refractivity contribution in [1.29, 1.82) is 0 Å². The zero-order chi connectivity index (χ0) is 13.9. The van der Waals surface area contributed by atoms with Crippen LogP contribution >= 0.6 is 0 Å². The number of benzene rings is 1. The van der Waals surface area contributed by atoms with Gasteiger partial charge < -0.3 is 10.5 Å². The molecule has 0 heterocycles. The first-order valence-corrected chi connectivity index (χ1v) is 7.15. The quantitative estimate of drug-likeness (QED) is 0.884. The van der Waals surface area contributed by atoms with E-state index in [4.69, 9.17) is 10.5 Å². The number of halogens is 1. The molecule has 1 aromatic rings. The predicted octanol–water partition coefficient (Wildman–Crippen LogP) is 3.53. The molecule has 1 aliphatic rings. The van der Waals surface area contributed by atoms with Crippen molar-refractivity contribution < 1.29 is 9.13 Å². The van der Waals surface area contributed by atoms with Gasteiger partial charge in [-0.2, -0.15) is 0 Å². The Labute approximate surface area is 115 Å². The molecule has 1 saturated carbocycles. The molecule has 0 radical (unpaired) electrons. The highest BCUT2D eigenvalue weighted by atomic mass is 19.1. The molecule has 1 aromatic carbocycles. The van der Waals surface area contributed by atoms with Gasteiger partial charge in [0.1, 0.15) is 0 Å². The van der Waals surface area contributed by atoms with E-state index in [-0.39, 0.29) is 11.2 Å². The minimum atomic E-state index is -0.224. The molecule has 0 amide bonds. The average Bonchev–Trinajstić information content (AvgIpc) is 2.85.